The maximum Gasteiger partial charge on any atom is 0.231 e. The molecule has 0 aliphatic carbocycles. The van der Waals surface area contributed by atoms with Crippen LogP contribution in [0.1, 0.15) is 5.82 Å². The van der Waals surface area contributed by atoms with Crippen molar-refractivity contribution in [3.8, 4) is 6.07 Å². The van der Waals surface area contributed by atoms with E-state index in [-0.39, 0.29) is 0 Å². The maximum atomic E-state index is 8.34. The topological polar surface area (TPSA) is 54.5 Å². The summed E-state index contributed by atoms with van der Waals surface area (Å²) in [5.74, 6) is 0.307. The van der Waals surface area contributed by atoms with Crippen LogP contribution in [0.25, 0.3) is 0 Å². The second-order valence-electron chi connectivity index (χ2n) is 1.44. The summed E-state index contributed by atoms with van der Waals surface area (Å²) >= 11 is 3.03. The first-order chi connectivity index (χ1) is 4.24. The van der Waals surface area contributed by atoms with Gasteiger partial charge in [-0.1, -0.05) is 0 Å². The minimum Gasteiger partial charge on any atom is -0.239 e. The van der Waals surface area contributed by atoms with Crippen LogP contribution in [0, 0.1) is 11.3 Å². The molecule has 5 heteroatoms. The number of nitrogens with zero attached hydrogens (tertiary/aromatic N) is 4. The summed E-state index contributed by atoms with van der Waals surface area (Å²) < 4.78 is 1.85. The molecule has 0 bridgehead atoms. The molecule has 0 N–H and O–H groups in total. The Morgan fingerprint density at radius 2 is 2.44 bits per heavy atom. The molecule has 0 aliphatic rings. The Bertz CT molecular complexity index is 258. The fourth-order valence-electron chi connectivity index (χ4n) is 0.451. The molecule has 0 spiro atoms. The van der Waals surface area contributed by atoms with Gasteiger partial charge in [0.15, 0.2) is 0 Å². The third-order valence-electron chi connectivity index (χ3n) is 0.837. The molecule has 4 nitrogen and oxygen atoms in total. The Morgan fingerprint density at radius 1 is 1.78 bits per heavy atom. The highest BCUT2D eigenvalue weighted by Crippen LogP contribution is 2.01. The molecule has 0 saturated heterocycles. The highest BCUT2D eigenvalue weighted by molar-refractivity contribution is 9.10. The van der Waals surface area contributed by atoms with Crippen LogP contribution in [0.15, 0.2) is 4.73 Å². The van der Waals surface area contributed by atoms with E-state index >= 15 is 0 Å². The van der Waals surface area contributed by atoms with Crippen molar-refractivity contribution in [3.05, 3.63) is 10.6 Å². The predicted octanol–water partition coefficient (Wildman–Crippen LogP) is 0.449. The van der Waals surface area contributed by atoms with Crippen LogP contribution in [0.3, 0.4) is 0 Å². The van der Waals surface area contributed by atoms with Crippen LogP contribution in [0.4, 0.5) is 0 Å². The molecule has 0 fully saturated rings. The van der Waals surface area contributed by atoms with Crippen molar-refractivity contribution in [3.63, 3.8) is 0 Å². The summed E-state index contributed by atoms with van der Waals surface area (Å²) in [6, 6.07) is 1.88. The van der Waals surface area contributed by atoms with E-state index in [9.17, 15) is 0 Å². The highest BCUT2D eigenvalue weighted by Gasteiger charge is 2.00. The van der Waals surface area contributed by atoms with Gasteiger partial charge in [-0.15, -0.1) is 5.10 Å². The summed E-state index contributed by atoms with van der Waals surface area (Å²) in [7, 11) is 1.66. The van der Waals surface area contributed by atoms with Crippen LogP contribution < -0.4 is 0 Å². The predicted molar refractivity (Wildman–Crippen MR) is 33.4 cm³/mol. The third-order valence-corrected chi connectivity index (χ3v) is 1.17. The molecule has 9 heavy (non-hydrogen) atoms. The second kappa shape index (κ2) is 2.15. The molecule has 1 aromatic heterocycles. The van der Waals surface area contributed by atoms with E-state index in [2.05, 4.69) is 26.0 Å². The molecule has 0 saturated carbocycles. The second-order valence-corrected chi connectivity index (χ2v) is 2.15. The van der Waals surface area contributed by atoms with Crippen molar-refractivity contribution in [2.24, 2.45) is 7.05 Å². The van der Waals surface area contributed by atoms with Gasteiger partial charge in [-0.25, -0.2) is 4.68 Å². The van der Waals surface area contributed by atoms with E-state index in [1.807, 2.05) is 6.07 Å². The Morgan fingerprint density at radius 3 is 2.67 bits per heavy atom. The summed E-state index contributed by atoms with van der Waals surface area (Å²) in [5, 5.41) is 12.1. The molecule has 0 atom stereocenters. The molecular weight excluding hydrogens is 184 g/mol. The number of aryl methyl sites for hydroxylation is 1. The van der Waals surface area contributed by atoms with E-state index in [1.54, 1.807) is 7.05 Å². The molecule has 0 aliphatic heterocycles. The summed E-state index contributed by atoms with van der Waals surface area (Å²) in [5.41, 5.74) is 0. The lowest BCUT2D eigenvalue weighted by atomic mass is 10.7. The number of hydrogen-bond donors (Lipinski definition) is 0. The van der Waals surface area contributed by atoms with E-state index in [1.165, 1.54) is 4.68 Å². The summed E-state index contributed by atoms with van der Waals surface area (Å²) in [6.07, 6.45) is 0. The van der Waals surface area contributed by atoms with E-state index in [0.29, 0.717) is 10.6 Å². The van der Waals surface area contributed by atoms with Crippen molar-refractivity contribution in [2.45, 2.75) is 0 Å². The normalized spacial score (nSPS) is 9.00. The molecule has 1 rings (SSSR count). The summed E-state index contributed by atoms with van der Waals surface area (Å²) in [4.78, 5) is 3.74. The quantitative estimate of drug-likeness (QED) is 0.592. The van der Waals surface area contributed by atoms with Gasteiger partial charge in [0.2, 0.25) is 10.6 Å². The molecule has 0 radical (unpaired) electrons. The van der Waals surface area contributed by atoms with Crippen molar-refractivity contribution < 1.29 is 0 Å². The zero-order valence-corrected chi connectivity index (χ0v) is 6.25. The van der Waals surface area contributed by atoms with Crippen molar-refractivity contribution >= 4 is 15.9 Å². The number of rotatable bonds is 0. The van der Waals surface area contributed by atoms with Crippen molar-refractivity contribution in [2.75, 3.05) is 0 Å². The minimum atomic E-state index is 0.307. The van der Waals surface area contributed by atoms with Crippen molar-refractivity contribution in [1.82, 2.24) is 14.8 Å². The highest BCUT2D eigenvalue weighted by atomic mass is 79.9. The Balaban J connectivity index is 3.20. The largest absolute Gasteiger partial charge is 0.239 e. The monoisotopic (exact) mass is 186 g/mol. The SMILES string of the molecule is Cn1nc(Br)nc1C#N. The first kappa shape index (κ1) is 6.23. The van der Waals surface area contributed by atoms with Crippen molar-refractivity contribution in [1.29, 1.82) is 5.26 Å². The molecule has 46 valence electrons. The molecule has 0 aromatic carbocycles. The van der Waals surface area contributed by atoms with Crippen LogP contribution in [0.2, 0.25) is 0 Å². The van der Waals surface area contributed by atoms with E-state index in [4.69, 9.17) is 5.26 Å². The van der Waals surface area contributed by atoms with Crippen LogP contribution in [-0.2, 0) is 7.05 Å². The van der Waals surface area contributed by atoms with Gasteiger partial charge in [-0.3, -0.25) is 0 Å². The van der Waals surface area contributed by atoms with Gasteiger partial charge in [-0.05, 0) is 15.9 Å². The minimum absolute atomic E-state index is 0.307. The van der Waals surface area contributed by atoms with Gasteiger partial charge in [0.05, 0.1) is 0 Å². The third kappa shape index (κ3) is 1.08. The van der Waals surface area contributed by atoms with E-state index < -0.39 is 0 Å². The molecule has 1 heterocycles. The molecule has 1 aromatic rings. The first-order valence-corrected chi connectivity index (χ1v) is 3.00. The number of aromatic nitrogens is 3. The van der Waals surface area contributed by atoms with Gasteiger partial charge < -0.3 is 0 Å². The Hall–Kier alpha value is -0.890. The van der Waals surface area contributed by atoms with Gasteiger partial charge in [0.1, 0.15) is 6.07 Å². The van der Waals surface area contributed by atoms with Crippen LogP contribution >= 0.6 is 15.9 Å². The lowest BCUT2D eigenvalue weighted by Crippen LogP contribution is -1.93. The van der Waals surface area contributed by atoms with Crippen LogP contribution in [-0.4, -0.2) is 14.8 Å². The zero-order valence-electron chi connectivity index (χ0n) is 4.67. The molecular formula is C4H3BrN4. The smallest absolute Gasteiger partial charge is 0.231 e. The molecule has 0 unspecified atom stereocenters. The number of nitriles is 1. The lowest BCUT2D eigenvalue weighted by molar-refractivity contribution is 0.747. The standard InChI is InChI=1S/C4H3BrN4/c1-9-3(2-6)7-4(5)8-9/h1H3. The van der Waals surface area contributed by atoms with Gasteiger partial charge in [0, 0.05) is 7.05 Å². The Kier molecular flexibility index (Phi) is 1.49. The van der Waals surface area contributed by atoms with Gasteiger partial charge in [-0.2, -0.15) is 10.2 Å². The first-order valence-electron chi connectivity index (χ1n) is 2.20. The fourth-order valence-corrected chi connectivity index (χ4v) is 0.856. The summed E-state index contributed by atoms with van der Waals surface area (Å²) in [6.45, 7) is 0. The average Bonchev–Trinajstić information content (AvgIpc) is 2.10. The lowest BCUT2D eigenvalue weighted by Gasteiger charge is -1.82. The van der Waals surface area contributed by atoms with E-state index in [0.717, 1.165) is 0 Å². The van der Waals surface area contributed by atoms with Gasteiger partial charge >= 0.3 is 0 Å². The zero-order chi connectivity index (χ0) is 6.85. The average molecular weight is 187 g/mol. The fraction of sp³-hybridized carbons (Fsp3) is 0.250. The number of hydrogen-bond acceptors (Lipinski definition) is 3. The number of halogens is 1. The maximum absolute atomic E-state index is 8.34. The van der Waals surface area contributed by atoms with Gasteiger partial charge in [0.25, 0.3) is 0 Å². The Labute approximate surface area is 60.2 Å². The van der Waals surface area contributed by atoms with Crippen LogP contribution in [0.5, 0.6) is 0 Å². The molecule has 0 amide bonds.